The molecule has 1 atom stereocenters. The van der Waals surface area contributed by atoms with Crippen LogP contribution >= 0.6 is 38.9 Å². The molecule has 1 saturated heterocycles. The monoisotopic (exact) mass is 387 g/mol. The Labute approximate surface area is 130 Å². The molecule has 4 nitrogen and oxygen atoms in total. The number of hydrogen-bond donors (Lipinski definition) is 0. The van der Waals surface area contributed by atoms with Gasteiger partial charge >= 0.3 is 0 Å². The van der Waals surface area contributed by atoms with Crippen LogP contribution in [0.2, 0.25) is 5.02 Å². The van der Waals surface area contributed by atoms with Gasteiger partial charge in [-0.15, -0.1) is 11.3 Å². The minimum Gasteiger partial charge on any atom is -0.370 e. The molecule has 1 aromatic rings. The zero-order valence-electron chi connectivity index (χ0n) is 10.8. The van der Waals surface area contributed by atoms with Gasteiger partial charge in [-0.25, -0.2) is 8.42 Å². The van der Waals surface area contributed by atoms with Crippen LogP contribution in [0.3, 0.4) is 0 Å². The number of rotatable bonds is 2. The van der Waals surface area contributed by atoms with Crippen LogP contribution < -0.4 is 0 Å². The molecule has 0 aromatic carbocycles. The van der Waals surface area contributed by atoms with Crippen molar-refractivity contribution in [1.29, 1.82) is 0 Å². The zero-order chi connectivity index (χ0) is 14.4. The molecule has 0 radical (unpaired) electrons. The third-order valence-electron chi connectivity index (χ3n) is 2.75. The second kappa shape index (κ2) is 5.27. The number of nitrogens with zero attached hydrogens (tertiary/aromatic N) is 1. The second-order valence-electron chi connectivity index (χ2n) is 5.17. The average molecular weight is 389 g/mol. The molecule has 0 aliphatic carbocycles. The van der Waals surface area contributed by atoms with Gasteiger partial charge in [-0.05, 0) is 42.8 Å². The molecule has 8 heteroatoms. The highest BCUT2D eigenvalue weighted by Crippen LogP contribution is 2.37. The van der Waals surface area contributed by atoms with Gasteiger partial charge in [0, 0.05) is 13.1 Å². The van der Waals surface area contributed by atoms with Crippen LogP contribution in [-0.2, 0) is 14.8 Å². The SMILES string of the molecule is CC1CN(S(=O)(=O)c2cc(Cl)c(Br)s2)CC(C)(C)O1. The molecule has 0 N–H and O–H groups in total. The highest BCUT2D eigenvalue weighted by molar-refractivity contribution is 9.11. The van der Waals surface area contributed by atoms with Crippen LogP contribution in [0, 0.1) is 0 Å². The Kier molecular flexibility index (Phi) is 4.36. The number of hydrogen-bond acceptors (Lipinski definition) is 4. The van der Waals surface area contributed by atoms with Gasteiger partial charge in [0.1, 0.15) is 4.21 Å². The smallest absolute Gasteiger partial charge is 0.252 e. The van der Waals surface area contributed by atoms with Crippen LogP contribution in [0.5, 0.6) is 0 Å². The molecule has 1 aliphatic heterocycles. The van der Waals surface area contributed by atoms with Gasteiger partial charge in [-0.2, -0.15) is 4.31 Å². The first-order valence-corrected chi connectivity index (χ1v) is 9.17. The maximum absolute atomic E-state index is 12.6. The number of halogens is 2. The van der Waals surface area contributed by atoms with E-state index in [9.17, 15) is 8.42 Å². The van der Waals surface area contributed by atoms with E-state index in [0.29, 0.717) is 21.9 Å². The number of ether oxygens (including phenoxy) is 1. The minimum absolute atomic E-state index is 0.127. The van der Waals surface area contributed by atoms with E-state index in [1.807, 2.05) is 20.8 Å². The first-order valence-electron chi connectivity index (χ1n) is 5.75. The molecule has 2 rings (SSSR count). The molecule has 19 heavy (non-hydrogen) atoms. The molecule has 1 fully saturated rings. The molecule has 2 heterocycles. The van der Waals surface area contributed by atoms with Gasteiger partial charge < -0.3 is 4.74 Å². The van der Waals surface area contributed by atoms with Crippen molar-refractivity contribution < 1.29 is 13.2 Å². The summed E-state index contributed by atoms with van der Waals surface area (Å²) < 4.78 is 33.3. The van der Waals surface area contributed by atoms with Crippen molar-refractivity contribution in [2.24, 2.45) is 0 Å². The number of morpholine rings is 1. The van der Waals surface area contributed by atoms with Gasteiger partial charge in [-0.3, -0.25) is 0 Å². The van der Waals surface area contributed by atoms with Gasteiger partial charge in [0.15, 0.2) is 0 Å². The first-order chi connectivity index (χ1) is 8.62. The molecule has 0 saturated carbocycles. The summed E-state index contributed by atoms with van der Waals surface area (Å²) in [5.74, 6) is 0. The molecule has 1 unspecified atom stereocenters. The zero-order valence-corrected chi connectivity index (χ0v) is 14.8. The molecule has 0 amide bonds. The van der Waals surface area contributed by atoms with Gasteiger partial charge in [0.25, 0.3) is 10.0 Å². The molecule has 0 spiro atoms. The summed E-state index contributed by atoms with van der Waals surface area (Å²) in [6.07, 6.45) is -0.127. The fourth-order valence-electron chi connectivity index (χ4n) is 2.16. The molecular formula is C11H15BrClNO3S2. The van der Waals surface area contributed by atoms with Crippen molar-refractivity contribution in [1.82, 2.24) is 4.31 Å². The Hall–Kier alpha value is 0.340. The summed E-state index contributed by atoms with van der Waals surface area (Å²) in [7, 11) is -3.51. The van der Waals surface area contributed by atoms with Crippen LogP contribution in [0.1, 0.15) is 20.8 Å². The third kappa shape index (κ3) is 3.33. The fourth-order valence-corrected chi connectivity index (χ4v) is 6.38. The highest BCUT2D eigenvalue weighted by Gasteiger charge is 2.38. The molecule has 1 aromatic heterocycles. The summed E-state index contributed by atoms with van der Waals surface area (Å²) >= 11 is 10.3. The summed E-state index contributed by atoms with van der Waals surface area (Å²) in [6.45, 7) is 6.36. The van der Waals surface area contributed by atoms with Crippen molar-refractivity contribution in [2.45, 2.75) is 36.7 Å². The van der Waals surface area contributed by atoms with Gasteiger partial charge in [0.2, 0.25) is 0 Å². The van der Waals surface area contributed by atoms with Crippen molar-refractivity contribution in [2.75, 3.05) is 13.1 Å². The molecular weight excluding hydrogens is 374 g/mol. The van der Waals surface area contributed by atoms with Crippen LogP contribution in [0.15, 0.2) is 14.1 Å². The average Bonchev–Trinajstić information content (AvgIpc) is 2.57. The van der Waals surface area contributed by atoms with E-state index in [1.54, 1.807) is 0 Å². The van der Waals surface area contributed by atoms with E-state index < -0.39 is 15.6 Å². The van der Waals surface area contributed by atoms with Crippen molar-refractivity contribution in [3.63, 3.8) is 0 Å². The van der Waals surface area contributed by atoms with Gasteiger partial charge in [-0.1, -0.05) is 11.6 Å². The van der Waals surface area contributed by atoms with E-state index in [-0.39, 0.29) is 10.3 Å². The van der Waals surface area contributed by atoms with E-state index in [1.165, 1.54) is 10.4 Å². The Morgan fingerprint density at radius 1 is 1.58 bits per heavy atom. The summed E-state index contributed by atoms with van der Waals surface area (Å²) in [5.41, 5.74) is -0.483. The molecule has 108 valence electrons. The Bertz CT molecular complexity index is 565. The van der Waals surface area contributed by atoms with Crippen molar-refractivity contribution >= 4 is 48.9 Å². The predicted molar refractivity (Wildman–Crippen MR) is 80.4 cm³/mol. The predicted octanol–water partition coefficient (Wildman–Crippen LogP) is 3.35. The quantitative estimate of drug-likeness (QED) is 0.780. The Morgan fingerprint density at radius 3 is 2.68 bits per heavy atom. The fraction of sp³-hybridized carbons (Fsp3) is 0.636. The van der Waals surface area contributed by atoms with Crippen LogP contribution in [-0.4, -0.2) is 37.5 Å². The lowest BCUT2D eigenvalue weighted by molar-refractivity contribution is -0.109. The topological polar surface area (TPSA) is 46.6 Å². The lowest BCUT2D eigenvalue weighted by atomic mass is 10.1. The van der Waals surface area contributed by atoms with Crippen LogP contribution in [0.4, 0.5) is 0 Å². The van der Waals surface area contributed by atoms with E-state index in [4.69, 9.17) is 16.3 Å². The summed E-state index contributed by atoms with van der Waals surface area (Å²) in [6, 6.07) is 1.48. The Morgan fingerprint density at radius 2 is 2.21 bits per heavy atom. The lowest BCUT2D eigenvalue weighted by Gasteiger charge is -2.40. The Balaban J connectivity index is 2.34. The maximum Gasteiger partial charge on any atom is 0.252 e. The maximum atomic E-state index is 12.6. The van der Waals surface area contributed by atoms with E-state index in [0.717, 1.165) is 11.3 Å². The standard InChI is InChI=1S/C11H15BrClNO3S2/c1-7-5-14(6-11(2,3)17-7)19(15,16)9-4-8(13)10(12)18-9/h4,7H,5-6H2,1-3H3. The number of thiophene rings is 1. The van der Waals surface area contributed by atoms with Crippen molar-refractivity contribution in [3.8, 4) is 0 Å². The van der Waals surface area contributed by atoms with Crippen molar-refractivity contribution in [3.05, 3.63) is 14.9 Å². The van der Waals surface area contributed by atoms with Gasteiger partial charge in [0.05, 0.1) is 20.5 Å². The first kappa shape index (κ1) is 15.7. The normalized spacial score (nSPS) is 24.6. The van der Waals surface area contributed by atoms with Crippen LogP contribution in [0.25, 0.3) is 0 Å². The highest BCUT2D eigenvalue weighted by atomic mass is 79.9. The van der Waals surface area contributed by atoms with E-state index in [2.05, 4.69) is 15.9 Å². The third-order valence-corrected chi connectivity index (χ3v) is 7.49. The van der Waals surface area contributed by atoms with E-state index >= 15 is 0 Å². The second-order valence-corrected chi connectivity index (χ2v) is 10.1. The molecule has 1 aliphatic rings. The lowest BCUT2D eigenvalue weighted by Crippen LogP contribution is -2.53. The largest absolute Gasteiger partial charge is 0.370 e. The summed E-state index contributed by atoms with van der Waals surface area (Å²) in [4.78, 5) is 0. The molecule has 0 bridgehead atoms. The summed E-state index contributed by atoms with van der Waals surface area (Å²) in [5, 5.41) is 0.421. The number of sulfonamides is 1. The minimum atomic E-state index is -3.51.